The van der Waals surface area contributed by atoms with Gasteiger partial charge in [-0.1, -0.05) is 20.8 Å². The molecule has 0 unspecified atom stereocenters. The zero-order chi connectivity index (χ0) is 13.7. The van der Waals surface area contributed by atoms with Crippen LogP contribution in [-0.2, 0) is 19.4 Å². The third-order valence-corrected chi connectivity index (χ3v) is 2.82. The van der Waals surface area contributed by atoms with Crippen molar-refractivity contribution in [2.24, 2.45) is 0 Å². The normalized spacial score (nSPS) is 10.9. The molecule has 0 radical (unpaired) electrons. The summed E-state index contributed by atoms with van der Waals surface area (Å²) in [5.41, 5.74) is 0.930. The fourth-order valence-electron chi connectivity index (χ4n) is 1.76. The van der Waals surface area contributed by atoms with Crippen LogP contribution in [0.3, 0.4) is 0 Å². The molecule has 6 heteroatoms. The largest absolute Gasteiger partial charge is 0.311 e. The molecule has 0 spiro atoms. The van der Waals surface area contributed by atoms with Crippen LogP contribution in [-0.4, -0.2) is 31.3 Å². The number of hydrogen-bond donors (Lipinski definition) is 1. The Morgan fingerprint density at radius 3 is 2.53 bits per heavy atom. The van der Waals surface area contributed by atoms with E-state index in [9.17, 15) is 0 Å². The molecule has 0 aliphatic rings. The van der Waals surface area contributed by atoms with E-state index in [1.165, 1.54) is 0 Å². The Bertz CT molecular complexity index is 516. The summed E-state index contributed by atoms with van der Waals surface area (Å²) in [4.78, 5) is 13.3. The lowest BCUT2D eigenvalue weighted by molar-refractivity contribution is 0.700. The Balaban J connectivity index is 2.23. The number of aromatic nitrogens is 5. The molecule has 19 heavy (non-hydrogen) atoms. The van der Waals surface area contributed by atoms with Crippen molar-refractivity contribution in [3.8, 4) is 5.82 Å². The van der Waals surface area contributed by atoms with Crippen LogP contribution in [0.5, 0.6) is 0 Å². The first-order valence-corrected chi connectivity index (χ1v) is 6.75. The van der Waals surface area contributed by atoms with Gasteiger partial charge in [0.05, 0.1) is 18.1 Å². The third-order valence-electron chi connectivity index (χ3n) is 2.82. The Kier molecular flexibility index (Phi) is 4.57. The number of aryl methyl sites for hydroxylation is 2. The molecule has 2 aromatic heterocycles. The Labute approximate surface area is 113 Å². The standard InChI is InChI=1S/C13H20N6/c1-4-11-17-12(5-2)19(18-11)13-9-15-10(8-16-13)7-14-6-3/h8-9,14H,4-7H2,1-3H3. The highest BCUT2D eigenvalue weighted by Gasteiger charge is 2.10. The fourth-order valence-corrected chi connectivity index (χ4v) is 1.76. The van der Waals surface area contributed by atoms with Gasteiger partial charge in [0.15, 0.2) is 11.6 Å². The highest BCUT2D eigenvalue weighted by Crippen LogP contribution is 2.08. The van der Waals surface area contributed by atoms with Gasteiger partial charge in [-0.25, -0.2) is 9.97 Å². The van der Waals surface area contributed by atoms with Gasteiger partial charge in [0.25, 0.3) is 0 Å². The second kappa shape index (κ2) is 6.38. The van der Waals surface area contributed by atoms with E-state index in [-0.39, 0.29) is 0 Å². The first kappa shape index (κ1) is 13.6. The zero-order valence-corrected chi connectivity index (χ0v) is 11.7. The molecular formula is C13H20N6. The Morgan fingerprint density at radius 1 is 1.11 bits per heavy atom. The summed E-state index contributed by atoms with van der Waals surface area (Å²) in [6, 6.07) is 0. The van der Waals surface area contributed by atoms with E-state index in [1.54, 1.807) is 17.1 Å². The summed E-state index contributed by atoms with van der Waals surface area (Å²) in [5.74, 6) is 2.49. The van der Waals surface area contributed by atoms with E-state index in [1.807, 2.05) is 6.92 Å². The van der Waals surface area contributed by atoms with Crippen LogP contribution in [0.15, 0.2) is 12.4 Å². The summed E-state index contributed by atoms with van der Waals surface area (Å²) in [6.45, 7) is 7.84. The number of hydrogen-bond acceptors (Lipinski definition) is 5. The summed E-state index contributed by atoms with van der Waals surface area (Å²) < 4.78 is 1.78. The van der Waals surface area contributed by atoms with Crippen LogP contribution in [0.2, 0.25) is 0 Å². The monoisotopic (exact) mass is 260 g/mol. The van der Waals surface area contributed by atoms with Crippen LogP contribution < -0.4 is 5.32 Å². The van der Waals surface area contributed by atoms with Crippen molar-refractivity contribution in [1.29, 1.82) is 0 Å². The first-order chi connectivity index (χ1) is 9.28. The maximum atomic E-state index is 4.47. The molecule has 2 rings (SSSR count). The average Bonchev–Trinajstić information content (AvgIpc) is 2.89. The first-order valence-electron chi connectivity index (χ1n) is 6.75. The summed E-state index contributed by atoms with van der Waals surface area (Å²) in [6.07, 6.45) is 5.18. The lowest BCUT2D eigenvalue weighted by Gasteiger charge is -2.04. The maximum absolute atomic E-state index is 4.47. The second-order valence-electron chi connectivity index (χ2n) is 4.21. The van der Waals surface area contributed by atoms with E-state index in [4.69, 9.17) is 0 Å². The van der Waals surface area contributed by atoms with Gasteiger partial charge in [-0.3, -0.25) is 4.98 Å². The second-order valence-corrected chi connectivity index (χ2v) is 4.21. The Morgan fingerprint density at radius 2 is 1.95 bits per heavy atom. The van der Waals surface area contributed by atoms with Crippen molar-refractivity contribution in [3.63, 3.8) is 0 Å². The molecule has 6 nitrogen and oxygen atoms in total. The lowest BCUT2D eigenvalue weighted by atomic mass is 10.4. The van der Waals surface area contributed by atoms with Crippen LogP contribution in [0.4, 0.5) is 0 Å². The topological polar surface area (TPSA) is 68.5 Å². The molecule has 1 N–H and O–H groups in total. The van der Waals surface area contributed by atoms with Crippen LogP contribution in [0, 0.1) is 0 Å². The average molecular weight is 260 g/mol. The molecule has 0 saturated heterocycles. The molecule has 2 heterocycles. The zero-order valence-electron chi connectivity index (χ0n) is 11.7. The maximum Gasteiger partial charge on any atom is 0.174 e. The van der Waals surface area contributed by atoms with Gasteiger partial charge < -0.3 is 5.32 Å². The van der Waals surface area contributed by atoms with E-state index >= 15 is 0 Å². The highest BCUT2D eigenvalue weighted by atomic mass is 15.4. The van der Waals surface area contributed by atoms with Gasteiger partial charge in [-0.05, 0) is 6.54 Å². The molecule has 102 valence electrons. The molecular weight excluding hydrogens is 240 g/mol. The minimum Gasteiger partial charge on any atom is -0.311 e. The van der Waals surface area contributed by atoms with Gasteiger partial charge in [-0.2, -0.15) is 4.68 Å². The van der Waals surface area contributed by atoms with E-state index in [2.05, 4.69) is 39.2 Å². The van der Waals surface area contributed by atoms with E-state index < -0.39 is 0 Å². The van der Waals surface area contributed by atoms with E-state index in [0.29, 0.717) is 0 Å². The number of nitrogens with zero attached hydrogens (tertiary/aromatic N) is 5. The minimum atomic E-state index is 0.726. The molecule has 2 aromatic rings. The number of rotatable bonds is 6. The van der Waals surface area contributed by atoms with Crippen molar-refractivity contribution in [2.45, 2.75) is 40.2 Å². The summed E-state index contributed by atoms with van der Waals surface area (Å²) in [7, 11) is 0. The van der Waals surface area contributed by atoms with Gasteiger partial charge in [-0.15, -0.1) is 5.10 Å². The van der Waals surface area contributed by atoms with Crippen molar-refractivity contribution >= 4 is 0 Å². The van der Waals surface area contributed by atoms with Gasteiger partial charge in [0.2, 0.25) is 0 Å². The van der Waals surface area contributed by atoms with Gasteiger partial charge in [0, 0.05) is 19.4 Å². The van der Waals surface area contributed by atoms with Gasteiger partial charge in [0.1, 0.15) is 5.82 Å². The molecule has 0 fully saturated rings. The molecule has 0 aliphatic heterocycles. The smallest absolute Gasteiger partial charge is 0.174 e. The fraction of sp³-hybridized carbons (Fsp3) is 0.538. The molecule has 0 bridgehead atoms. The Hall–Kier alpha value is -1.82. The third kappa shape index (κ3) is 3.14. The van der Waals surface area contributed by atoms with Crippen molar-refractivity contribution < 1.29 is 0 Å². The SMILES string of the molecule is CCNCc1cnc(-n2nc(CC)nc2CC)cn1. The summed E-state index contributed by atoms with van der Waals surface area (Å²) in [5, 5.41) is 7.67. The predicted molar refractivity (Wildman–Crippen MR) is 73.1 cm³/mol. The van der Waals surface area contributed by atoms with Crippen molar-refractivity contribution in [2.75, 3.05) is 6.54 Å². The van der Waals surface area contributed by atoms with Crippen LogP contribution >= 0.6 is 0 Å². The van der Waals surface area contributed by atoms with Crippen molar-refractivity contribution in [3.05, 3.63) is 29.7 Å². The lowest BCUT2D eigenvalue weighted by Crippen LogP contribution is -2.14. The highest BCUT2D eigenvalue weighted by molar-refractivity contribution is 5.20. The number of nitrogens with one attached hydrogen (secondary N) is 1. The molecule has 0 amide bonds. The molecule has 0 saturated carbocycles. The quantitative estimate of drug-likeness (QED) is 0.847. The predicted octanol–water partition coefficient (Wildman–Crippen LogP) is 1.29. The molecule has 0 atom stereocenters. The molecule has 0 aromatic carbocycles. The minimum absolute atomic E-state index is 0.726. The van der Waals surface area contributed by atoms with Crippen LogP contribution in [0.1, 0.15) is 38.1 Å². The van der Waals surface area contributed by atoms with Crippen molar-refractivity contribution in [1.82, 2.24) is 30.0 Å². The summed E-state index contributed by atoms with van der Waals surface area (Å²) >= 11 is 0. The van der Waals surface area contributed by atoms with Crippen LogP contribution in [0.25, 0.3) is 5.82 Å². The van der Waals surface area contributed by atoms with E-state index in [0.717, 1.165) is 49.1 Å². The molecule has 0 aliphatic carbocycles. The van der Waals surface area contributed by atoms with Gasteiger partial charge >= 0.3 is 0 Å².